The third kappa shape index (κ3) is 4.78. The summed E-state index contributed by atoms with van der Waals surface area (Å²) in [7, 11) is 0. The summed E-state index contributed by atoms with van der Waals surface area (Å²) in [5.41, 5.74) is 3.54. The van der Waals surface area contributed by atoms with Crippen LogP contribution in [0.2, 0.25) is 0 Å². The third-order valence-electron chi connectivity index (χ3n) is 5.07. The average molecular weight is 413 g/mol. The monoisotopic (exact) mass is 413 g/mol. The lowest BCUT2D eigenvalue weighted by atomic mass is 10.1. The van der Waals surface area contributed by atoms with Crippen molar-refractivity contribution in [2.45, 2.75) is 20.0 Å². The highest BCUT2D eigenvalue weighted by Crippen LogP contribution is 2.10. The number of hydrogen-bond donors (Lipinski definition) is 1. The van der Waals surface area contributed by atoms with Crippen molar-refractivity contribution in [3.8, 4) is 0 Å². The Bertz CT molecular complexity index is 1290. The number of aryl methyl sites for hydroxylation is 1. The summed E-state index contributed by atoms with van der Waals surface area (Å²) in [6.07, 6.45) is 6.35. The zero-order chi connectivity index (χ0) is 21.6. The van der Waals surface area contributed by atoms with Crippen molar-refractivity contribution in [1.29, 1.82) is 0 Å². The minimum absolute atomic E-state index is 0.130. The second-order valence-corrected chi connectivity index (χ2v) is 7.24. The average Bonchev–Trinajstić information content (AvgIpc) is 3.20. The van der Waals surface area contributed by atoms with Crippen LogP contribution in [0.25, 0.3) is 17.1 Å². The molecule has 0 bridgehead atoms. The lowest BCUT2D eigenvalue weighted by molar-refractivity contribution is -0.116. The van der Waals surface area contributed by atoms with Crippen LogP contribution >= 0.6 is 0 Å². The van der Waals surface area contributed by atoms with Gasteiger partial charge in [-0.15, -0.1) is 0 Å². The van der Waals surface area contributed by atoms with E-state index in [2.05, 4.69) is 15.4 Å². The number of carbonyl (C=O) groups is 1. The predicted molar refractivity (Wildman–Crippen MR) is 121 cm³/mol. The smallest absolute Gasteiger partial charge is 0.264 e. The van der Waals surface area contributed by atoms with Crippen LogP contribution in [0.1, 0.15) is 16.7 Å². The van der Waals surface area contributed by atoms with Gasteiger partial charge < -0.3 is 5.32 Å². The number of rotatable bonds is 7. The van der Waals surface area contributed by atoms with E-state index in [1.807, 2.05) is 61.5 Å². The molecule has 1 amide bonds. The highest BCUT2D eigenvalue weighted by Gasteiger charge is 2.11. The van der Waals surface area contributed by atoms with E-state index in [1.165, 1.54) is 12.3 Å². The molecule has 2 heterocycles. The number of amides is 1. The molecule has 4 aromatic rings. The van der Waals surface area contributed by atoms with E-state index >= 15 is 0 Å². The molecule has 7 nitrogen and oxygen atoms in total. The molecule has 0 aliphatic heterocycles. The Hall–Kier alpha value is -4.00. The Morgan fingerprint density at radius 2 is 1.87 bits per heavy atom. The molecule has 31 heavy (non-hydrogen) atoms. The highest BCUT2D eigenvalue weighted by atomic mass is 16.1. The predicted octanol–water partition coefficient (Wildman–Crippen LogP) is 2.78. The van der Waals surface area contributed by atoms with Crippen molar-refractivity contribution < 1.29 is 4.79 Å². The van der Waals surface area contributed by atoms with Crippen LogP contribution < -0.4 is 10.9 Å². The Morgan fingerprint density at radius 3 is 2.68 bits per heavy atom. The first-order valence-electron chi connectivity index (χ1n) is 10.1. The molecule has 0 aliphatic carbocycles. The SMILES string of the molecule is Cc1ccccc1Cn1cnc2c(cnn2CCNC(=O)C=Cc2ccccc2)c1=O. The molecule has 0 atom stereocenters. The number of carbonyl (C=O) groups excluding carboxylic acids is 1. The van der Waals surface area contributed by atoms with Gasteiger partial charge in [0.2, 0.25) is 5.91 Å². The molecule has 2 aromatic carbocycles. The number of hydrogen-bond acceptors (Lipinski definition) is 4. The maximum absolute atomic E-state index is 12.9. The van der Waals surface area contributed by atoms with Gasteiger partial charge in [-0.2, -0.15) is 5.10 Å². The van der Waals surface area contributed by atoms with Crippen LogP contribution in [0.5, 0.6) is 0 Å². The van der Waals surface area contributed by atoms with Crippen molar-refractivity contribution in [3.05, 3.63) is 100 Å². The highest BCUT2D eigenvalue weighted by molar-refractivity contribution is 5.91. The van der Waals surface area contributed by atoms with E-state index in [-0.39, 0.29) is 11.5 Å². The van der Waals surface area contributed by atoms with E-state index in [4.69, 9.17) is 0 Å². The molecule has 0 aliphatic rings. The van der Waals surface area contributed by atoms with Gasteiger partial charge >= 0.3 is 0 Å². The van der Waals surface area contributed by atoms with Gasteiger partial charge in [0.1, 0.15) is 11.7 Å². The maximum Gasteiger partial charge on any atom is 0.264 e. The number of aromatic nitrogens is 4. The van der Waals surface area contributed by atoms with E-state index in [1.54, 1.807) is 21.7 Å². The van der Waals surface area contributed by atoms with Gasteiger partial charge in [-0.1, -0.05) is 54.6 Å². The molecule has 0 saturated carbocycles. The van der Waals surface area contributed by atoms with E-state index < -0.39 is 0 Å². The molecule has 2 aromatic heterocycles. The van der Waals surface area contributed by atoms with Crippen LogP contribution in [0.15, 0.2) is 78.0 Å². The second-order valence-electron chi connectivity index (χ2n) is 7.24. The zero-order valence-corrected chi connectivity index (χ0v) is 17.2. The zero-order valence-electron chi connectivity index (χ0n) is 17.2. The van der Waals surface area contributed by atoms with Gasteiger partial charge in [-0.05, 0) is 29.7 Å². The van der Waals surface area contributed by atoms with Gasteiger partial charge in [-0.3, -0.25) is 14.2 Å². The summed E-state index contributed by atoms with van der Waals surface area (Å²) in [5.74, 6) is -0.186. The second kappa shape index (κ2) is 9.21. The van der Waals surface area contributed by atoms with Crippen molar-refractivity contribution in [2.24, 2.45) is 0 Å². The first-order valence-corrected chi connectivity index (χ1v) is 10.1. The molecule has 156 valence electrons. The van der Waals surface area contributed by atoms with Crippen LogP contribution in [0, 0.1) is 6.92 Å². The summed E-state index contributed by atoms with van der Waals surface area (Å²) in [5, 5.41) is 7.57. The Labute approximate surface area is 179 Å². The number of benzene rings is 2. The summed E-state index contributed by atoms with van der Waals surface area (Å²) in [4.78, 5) is 29.3. The summed E-state index contributed by atoms with van der Waals surface area (Å²) >= 11 is 0. The fourth-order valence-electron chi connectivity index (χ4n) is 3.32. The van der Waals surface area contributed by atoms with Crippen LogP contribution in [0.3, 0.4) is 0 Å². The molecule has 7 heteroatoms. The van der Waals surface area contributed by atoms with Gasteiger partial charge in [0.25, 0.3) is 5.56 Å². The van der Waals surface area contributed by atoms with Crippen LogP contribution in [0.4, 0.5) is 0 Å². The van der Waals surface area contributed by atoms with E-state index in [0.717, 1.165) is 16.7 Å². The maximum atomic E-state index is 12.9. The van der Waals surface area contributed by atoms with Gasteiger partial charge in [0, 0.05) is 12.6 Å². The normalized spacial score (nSPS) is 11.3. The van der Waals surface area contributed by atoms with Crippen molar-refractivity contribution in [1.82, 2.24) is 24.6 Å². The molecule has 1 N–H and O–H groups in total. The topological polar surface area (TPSA) is 81.8 Å². The molecular weight excluding hydrogens is 390 g/mol. The van der Waals surface area contributed by atoms with E-state index in [9.17, 15) is 9.59 Å². The molecule has 4 rings (SSSR count). The van der Waals surface area contributed by atoms with Crippen molar-refractivity contribution in [3.63, 3.8) is 0 Å². The fourth-order valence-corrected chi connectivity index (χ4v) is 3.32. The van der Waals surface area contributed by atoms with Crippen molar-refractivity contribution in [2.75, 3.05) is 6.54 Å². The van der Waals surface area contributed by atoms with Gasteiger partial charge in [0.05, 0.1) is 19.3 Å². The van der Waals surface area contributed by atoms with Crippen LogP contribution in [-0.4, -0.2) is 31.8 Å². The Kier molecular flexibility index (Phi) is 6.03. The third-order valence-corrected chi connectivity index (χ3v) is 5.07. The molecular formula is C24H23N5O2. The number of nitrogens with zero attached hydrogens (tertiary/aromatic N) is 4. The first-order chi connectivity index (χ1) is 15.1. The summed E-state index contributed by atoms with van der Waals surface area (Å²) in [6, 6.07) is 17.6. The molecule has 0 unspecified atom stereocenters. The summed E-state index contributed by atoms with van der Waals surface area (Å²) < 4.78 is 3.23. The molecule has 0 saturated heterocycles. The van der Waals surface area contributed by atoms with Gasteiger partial charge in [-0.25, -0.2) is 9.67 Å². The largest absolute Gasteiger partial charge is 0.351 e. The van der Waals surface area contributed by atoms with Crippen molar-refractivity contribution >= 4 is 23.0 Å². The Morgan fingerprint density at radius 1 is 1.10 bits per heavy atom. The molecule has 0 fully saturated rings. The van der Waals surface area contributed by atoms with Gasteiger partial charge in [0.15, 0.2) is 5.65 Å². The minimum Gasteiger partial charge on any atom is -0.351 e. The summed E-state index contributed by atoms with van der Waals surface area (Å²) in [6.45, 7) is 3.28. The standard InChI is InChI=1S/C24H23N5O2/c1-18-7-5-6-10-20(18)16-28-17-26-23-21(24(28)31)15-27-29(23)14-13-25-22(30)12-11-19-8-3-2-4-9-19/h2-12,15,17H,13-14,16H2,1H3,(H,25,30). The lowest BCUT2D eigenvalue weighted by Crippen LogP contribution is -2.26. The molecule has 0 radical (unpaired) electrons. The van der Waals surface area contributed by atoms with E-state index in [0.29, 0.717) is 30.7 Å². The number of fused-ring (bicyclic) bond motifs is 1. The minimum atomic E-state index is -0.186. The first kappa shape index (κ1) is 20.3. The van der Waals surface area contributed by atoms with Crippen LogP contribution in [-0.2, 0) is 17.9 Å². The lowest BCUT2D eigenvalue weighted by Gasteiger charge is -2.08. The fraction of sp³-hybridized carbons (Fsp3) is 0.167. The quantitative estimate of drug-likeness (QED) is 0.473. The number of nitrogens with one attached hydrogen (secondary N) is 1. The molecule has 0 spiro atoms. The Balaban J connectivity index is 1.41.